The number of phenolic OH excluding ortho intramolecular Hbond substituents is 1. The second-order valence-corrected chi connectivity index (χ2v) is 3.53. The van der Waals surface area contributed by atoms with Gasteiger partial charge in [0.05, 0.1) is 0 Å². The molecule has 7 heteroatoms. The molecule has 0 saturated heterocycles. The molecule has 0 heterocycles. The molecule has 2 aromatic rings. The van der Waals surface area contributed by atoms with Gasteiger partial charge in [-0.25, -0.2) is 17.6 Å². The highest BCUT2D eigenvalue weighted by Crippen LogP contribution is 2.29. The molecule has 0 bridgehead atoms. The second-order valence-electron chi connectivity index (χ2n) is 3.53. The molecule has 0 fully saturated rings. The van der Waals surface area contributed by atoms with Crippen LogP contribution in [0.1, 0.15) is 0 Å². The Morgan fingerprint density at radius 3 is 1.63 bits per heavy atom. The smallest absolute Gasteiger partial charge is 0.157 e. The van der Waals surface area contributed by atoms with Crippen LogP contribution in [0.15, 0.2) is 40.6 Å². The first-order valence-electron chi connectivity index (χ1n) is 5.03. The lowest BCUT2D eigenvalue weighted by Crippen LogP contribution is -1.84. The van der Waals surface area contributed by atoms with Crippen LogP contribution in [0.5, 0.6) is 5.75 Å². The molecule has 0 aromatic heterocycles. The van der Waals surface area contributed by atoms with E-state index in [1.807, 2.05) is 0 Å². The quantitative estimate of drug-likeness (QED) is 0.639. The fraction of sp³-hybridized carbons (Fsp3) is 0. The number of phenols is 1. The van der Waals surface area contributed by atoms with Crippen LogP contribution >= 0.6 is 0 Å². The Balaban J connectivity index is 2.44. The lowest BCUT2D eigenvalue weighted by atomic mass is 10.3. The van der Waals surface area contributed by atoms with E-state index < -0.39 is 40.4 Å². The van der Waals surface area contributed by atoms with Crippen molar-refractivity contribution in [3.8, 4) is 5.75 Å². The molecule has 0 radical (unpaired) electrons. The first kappa shape index (κ1) is 13.0. The molecular formula is C12H6F4N2O. The average Bonchev–Trinajstić information content (AvgIpc) is 2.31. The highest BCUT2D eigenvalue weighted by atomic mass is 19.1. The molecule has 3 nitrogen and oxygen atoms in total. The van der Waals surface area contributed by atoms with Gasteiger partial charge in [0.15, 0.2) is 34.6 Å². The predicted molar refractivity (Wildman–Crippen MR) is 58.6 cm³/mol. The molecule has 0 spiro atoms. The first-order valence-corrected chi connectivity index (χ1v) is 5.03. The zero-order chi connectivity index (χ0) is 14.0. The van der Waals surface area contributed by atoms with Crippen molar-refractivity contribution in [3.05, 3.63) is 53.6 Å². The Bertz CT molecular complexity index is 615. The van der Waals surface area contributed by atoms with Crippen LogP contribution < -0.4 is 0 Å². The SMILES string of the molecule is Oc1cc(F)c(N=Nc2c(F)cccc2F)c(F)c1. The zero-order valence-corrected chi connectivity index (χ0v) is 9.24. The van der Waals surface area contributed by atoms with Crippen LogP contribution in [0.2, 0.25) is 0 Å². The molecule has 0 amide bonds. The van der Waals surface area contributed by atoms with Crippen LogP contribution in [0, 0.1) is 23.3 Å². The summed E-state index contributed by atoms with van der Waals surface area (Å²) in [6.07, 6.45) is 0. The van der Waals surface area contributed by atoms with Crippen molar-refractivity contribution in [1.82, 2.24) is 0 Å². The van der Waals surface area contributed by atoms with Gasteiger partial charge in [-0.3, -0.25) is 0 Å². The molecule has 0 unspecified atom stereocenters. The van der Waals surface area contributed by atoms with Crippen molar-refractivity contribution in [1.29, 1.82) is 0 Å². The Morgan fingerprint density at radius 2 is 1.16 bits per heavy atom. The summed E-state index contributed by atoms with van der Waals surface area (Å²) in [5.41, 5.74) is -1.60. The summed E-state index contributed by atoms with van der Waals surface area (Å²) >= 11 is 0. The third kappa shape index (κ3) is 2.70. The Hall–Kier alpha value is -2.44. The van der Waals surface area contributed by atoms with E-state index in [2.05, 4.69) is 10.2 Å². The van der Waals surface area contributed by atoms with Crippen molar-refractivity contribution in [2.75, 3.05) is 0 Å². The molecule has 98 valence electrons. The third-order valence-corrected chi connectivity index (χ3v) is 2.19. The van der Waals surface area contributed by atoms with E-state index in [0.717, 1.165) is 18.2 Å². The maximum atomic E-state index is 13.3. The summed E-state index contributed by atoms with van der Waals surface area (Å²) in [5.74, 6) is -5.05. The molecule has 0 atom stereocenters. The number of nitrogens with zero attached hydrogens (tertiary/aromatic N) is 2. The number of aromatic hydroxyl groups is 1. The van der Waals surface area contributed by atoms with Crippen LogP contribution in [0.3, 0.4) is 0 Å². The van der Waals surface area contributed by atoms with Crippen LogP contribution in [0.25, 0.3) is 0 Å². The van der Waals surface area contributed by atoms with E-state index in [1.165, 1.54) is 0 Å². The van der Waals surface area contributed by atoms with Gasteiger partial charge in [0, 0.05) is 12.1 Å². The van der Waals surface area contributed by atoms with E-state index in [0.29, 0.717) is 12.1 Å². The van der Waals surface area contributed by atoms with Gasteiger partial charge >= 0.3 is 0 Å². The summed E-state index contributed by atoms with van der Waals surface area (Å²) in [4.78, 5) is 0. The van der Waals surface area contributed by atoms with Crippen molar-refractivity contribution >= 4 is 11.4 Å². The molecule has 2 aromatic carbocycles. The number of rotatable bonds is 2. The Labute approximate surface area is 104 Å². The Kier molecular flexibility index (Phi) is 3.46. The van der Waals surface area contributed by atoms with E-state index in [9.17, 15) is 17.6 Å². The fourth-order valence-corrected chi connectivity index (χ4v) is 1.33. The van der Waals surface area contributed by atoms with Gasteiger partial charge in [-0.05, 0) is 12.1 Å². The van der Waals surface area contributed by atoms with E-state index in [4.69, 9.17) is 5.11 Å². The molecule has 0 aliphatic rings. The van der Waals surface area contributed by atoms with Crippen molar-refractivity contribution in [2.24, 2.45) is 10.2 Å². The largest absolute Gasteiger partial charge is 0.508 e. The van der Waals surface area contributed by atoms with Crippen LogP contribution in [0.4, 0.5) is 28.9 Å². The predicted octanol–water partition coefficient (Wildman–Crippen LogP) is 4.36. The minimum Gasteiger partial charge on any atom is -0.508 e. The van der Waals surface area contributed by atoms with Crippen molar-refractivity contribution in [2.45, 2.75) is 0 Å². The van der Waals surface area contributed by atoms with Gasteiger partial charge in [0.25, 0.3) is 0 Å². The van der Waals surface area contributed by atoms with Crippen molar-refractivity contribution in [3.63, 3.8) is 0 Å². The number of hydrogen-bond acceptors (Lipinski definition) is 3. The maximum absolute atomic E-state index is 13.3. The standard InChI is InChI=1S/C12H6F4N2O/c13-7-2-1-3-8(14)11(7)17-18-12-9(15)4-6(19)5-10(12)16/h1-5,19H. The minimum atomic E-state index is -1.20. The summed E-state index contributed by atoms with van der Waals surface area (Å²) < 4.78 is 52.9. The van der Waals surface area contributed by atoms with E-state index in [1.54, 1.807) is 0 Å². The van der Waals surface area contributed by atoms with E-state index in [-0.39, 0.29) is 0 Å². The topological polar surface area (TPSA) is 45.0 Å². The number of hydrogen-bond donors (Lipinski definition) is 1. The molecule has 19 heavy (non-hydrogen) atoms. The van der Waals surface area contributed by atoms with Crippen LogP contribution in [-0.2, 0) is 0 Å². The van der Waals surface area contributed by atoms with Gasteiger partial charge < -0.3 is 5.11 Å². The lowest BCUT2D eigenvalue weighted by molar-refractivity contribution is 0.461. The maximum Gasteiger partial charge on any atom is 0.157 e. The summed E-state index contributed by atoms with van der Waals surface area (Å²) in [5, 5.41) is 15.2. The summed E-state index contributed by atoms with van der Waals surface area (Å²) in [7, 11) is 0. The normalized spacial score (nSPS) is 11.2. The molecule has 0 aliphatic heterocycles. The first-order chi connectivity index (χ1) is 8.99. The third-order valence-electron chi connectivity index (χ3n) is 2.19. The molecule has 0 saturated carbocycles. The Morgan fingerprint density at radius 1 is 0.737 bits per heavy atom. The van der Waals surface area contributed by atoms with Crippen LogP contribution in [-0.4, -0.2) is 5.11 Å². The molecule has 0 aliphatic carbocycles. The summed E-state index contributed by atoms with van der Waals surface area (Å²) in [6, 6.07) is 4.19. The zero-order valence-electron chi connectivity index (χ0n) is 9.24. The molecule has 2 rings (SSSR count). The van der Waals surface area contributed by atoms with Gasteiger partial charge in [0.2, 0.25) is 0 Å². The highest BCUT2D eigenvalue weighted by molar-refractivity contribution is 5.45. The number of azo groups is 1. The van der Waals surface area contributed by atoms with Gasteiger partial charge in [-0.15, -0.1) is 10.2 Å². The lowest BCUT2D eigenvalue weighted by Gasteiger charge is -2.00. The number of halogens is 4. The fourth-order valence-electron chi connectivity index (χ4n) is 1.33. The van der Waals surface area contributed by atoms with Gasteiger partial charge in [0.1, 0.15) is 5.75 Å². The number of benzene rings is 2. The van der Waals surface area contributed by atoms with Crippen molar-refractivity contribution < 1.29 is 22.7 Å². The molecule has 1 N–H and O–H groups in total. The van der Waals surface area contributed by atoms with Gasteiger partial charge in [-0.2, -0.15) is 0 Å². The average molecular weight is 270 g/mol. The van der Waals surface area contributed by atoms with E-state index >= 15 is 0 Å². The van der Waals surface area contributed by atoms with Gasteiger partial charge in [-0.1, -0.05) is 6.07 Å². The molecular weight excluding hydrogens is 264 g/mol. The minimum absolute atomic E-state index is 0.606. The second kappa shape index (κ2) is 5.05. The summed E-state index contributed by atoms with van der Waals surface area (Å²) in [6.45, 7) is 0. The highest BCUT2D eigenvalue weighted by Gasteiger charge is 2.12. The monoisotopic (exact) mass is 270 g/mol.